The first-order valence-corrected chi connectivity index (χ1v) is 7.84. The van der Waals surface area contributed by atoms with E-state index in [4.69, 9.17) is 5.73 Å². The summed E-state index contributed by atoms with van der Waals surface area (Å²) in [6, 6.07) is 16.5. The third-order valence-corrected chi connectivity index (χ3v) is 4.34. The zero-order chi connectivity index (χ0) is 14.1. The van der Waals surface area contributed by atoms with Crippen molar-refractivity contribution < 1.29 is 0 Å². The summed E-state index contributed by atoms with van der Waals surface area (Å²) >= 11 is 6.97. The maximum Gasteiger partial charge on any atom is 0.196 e. The number of benzene rings is 2. The Morgan fingerprint density at radius 1 is 1.05 bits per heavy atom. The van der Waals surface area contributed by atoms with Gasteiger partial charge in [-0.1, -0.05) is 44.0 Å². The lowest BCUT2D eigenvalue weighted by atomic mass is 10.1. The van der Waals surface area contributed by atoms with Crippen molar-refractivity contribution >= 4 is 43.5 Å². The van der Waals surface area contributed by atoms with Gasteiger partial charge in [0.2, 0.25) is 0 Å². The van der Waals surface area contributed by atoms with Crippen molar-refractivity contribution in [3.63, 3.8) is 0 Å². The van der Waals surface area contributed by atoms with Gasteiger partial charge in [-0.05, 0) is 42.0 Å². The molecule has 20 heavy (non-hydrogen) atoms. The largest absolute Gasteiger partial charge is 0.369 e. The normalized spacial score (nSPS) is 18.2. The Labute approximate surface area is 134 Å². The van der Waals surface area contributed by atoms with E-state index in [9.17, 15) is 0 Å². The van der Waals surface area contributed by atoms with Crippen LogP contribution in [0.2, 0.25) is 0 Å². The van der Waals surface area contributed by atoms with Crippen LogP contribution in [-0.4, -0.2) is 12.5 Å². The van der Waals surface area contributed by atoms with Gasteiger partial charge in [-0.25, -0.2) is 0 Å². The number of nitrogens with two attached hydrogens (primary N) is 1. The van der Waals surface area contributed by atoms with Gasteiger partial charge in [-0.2, -0.15) is 0 Å². The molecule has 3 rings (SSSR count). The molecular weight excluding hydrogens is 382 g/mol. The fourth-order valence-corrected chi connectivity index (χ4v) is 3.06. The Balaban J connectivity index is 1.98. The van der Waals surface area contributed by atoms with Gasteiger partial charge >= 0.3 is 0 Å². The number of hydrogen-bond donors (Lipinski definition) is 1. The summed E-state index contributed by atoms with van der Waals surface area (Å²) in [5.74, 6) is 0.567. The van der Waals surface area contributed by atoms with Crippen LogP contribution in [0.3, 0.4) is 0 Å². The predicted molar refractivity (Wildman–Crippen MR) is 90.0 cm³/mol. The smallest absolute Gasteiger partial charge is 0.196 e. The van der Waals surface area contributed by atoms with Crippen LogP contribution in [-0.2, 0) is 0 Å². The second kappa shape index (κ2) is 5.58. The number of hydrogen-bond acceptors (Lipinski definition) is 3. The highest BCUT2D eigenvalue weighted by atomic mass is 79.9. The summed E-state index contributed by atoms with van der Waals surface area (Å²) in [5.41, 5.74) is 8.32. The lowest BCUT2D eigenvalue weighted by Gasteiger charge is -2.26. The predicted octanol–water partition coefficient (Wildman–Crippen LogP) is 4.09. The number of anilines is 1. The molecule has 5 heteroatoms. The summed E-state index contributed by atoms with van der Waals surface area (Å²) in [4.78, 5) is 6.47. The van der Waals surface area contributed by atoms with Crippen LogP contribution in [0.4, 0.5) is 5.69 Å². The quantitative estimate of drug-likeness (QED) is 0.833. The van der Waals surface area contributed by atoms with Gasteiger partial charge in [-0.3, -0.25) is 4.99 Å². The molecule has 0 amide bonds. The van der Waals surface area contributed by atoms with Gasteiger partial charge < -0.3 is 10.6 Å². The lowest BCUT2D eigenvalue weighted by Crippen LogP contribution is -2.36. The van der Waals surface area contributed by atoms with E-state index in [1.807, 2.05) is 36.4 Å². The van der Waals surface area contributed by atoms with E-state index < -0.39 is 0 Å². The Bertz CT molecular complexity index is 652. The van der Waals surface area contributed by atoms with Crippen LogP contribution in [0.1, 0.15) is 11.6 Å². The van der Waals surface area contributed by atoms with Crippen LogP contribution in [0.5, 0.6) is 0 Å². The second-order valence-corrected chi connectivity index (χ2v) is 6.45. The molecule has 3 nitrogen and oxygen atoms in total. The monoisotopic (exact) mass is 393 g/mol. The fourth-order valence-electron chi connectivity index (χ4n) is 2.38. The molecule has 1 unspecified atom stereocenters. The summed E-state index contributed by atoms with van der Waals surface area (Å²) in [6.45, 7) is 0.679. The van der Waals surface area contributed by atoms with Crippen LogP contribution in [0.25, 0.3) is 0 Å². The fraction of sp³-hybridized carbons (Fsp3) is 0.133. The maximum atomic E-state index is 6.07. The minimum atomic E-state index is 0.147. The molecule has 0 aliphatic carbocycles. The highest BCUT2D eigenvalue weighted by Crippen LogP contribution is 2.32. The topological polar surface area (TPSA) is 41.6 Å². The zero-order valence-electron chi connectivity index (χ0n) is 10.6. The van der Waals surface area contributed by atoms with E-state index in [1.165, 1.54) is 5.56 Å². The Morgan fingerprint density at radius 3 is 2.50 bits per heavy atom. The molecule has 1 atom stereocenters. The van der Waals surface area contributed by atoms with E-state index in [-0.39, 0.29) is 6.04 Å². The zero-order valence-corrected chi connectivity index (χ0v) is 13.8. The first-order chi connectivity index (χ1) is 9.65. The van der Waals surface area contributed by atoms with Crippen molar-refractivity contribution in [3.05, 3.63) is 63.0 Å². The summed E-state index contributed by atoms with van der Waals surface area (Å²) in [5, 5.41) is 0. The Hall–Kier alpha value is -1.33. The number of nitrogens with zero attached hydrogens (tertiary/aromatic N) is 2. The van der Waals surface area contributed by atoms with Crippen LogP contribution >= 0.6 is 31.9 Å². The molecule has 0 saturated carbocycles. The Kier molecular flexibility index (Phi) is 3.81. The molecule has 1 aliphatic rings. The molecule has 102 valence electrons. The van der Waals surface area contributed by atoms with Gasteiger partial charge in [0.15, 0.2) is 5.96 Å². The van der Waals surface area contributed by atoms with E-state index in [0.29, 0.717) is 12.5 Å². The van der Waals surface area contributed by atoms with Crippen molar-refractivity contribution in [2.24, 2.45) is 10.7 Å². The highest BCUT2D eigenvalue weighted by molar-refractivity contribution is 9.10. The SMILES string of the molecule is NC1=NCC(c2cccc(Br)c2)N1c1ccc(Br)cc1. The molecule has 1 heterocycles. The number of aliphatic imine (C=N–C) groups is 1. The first kappa shape index (κ1) is 13.6. The molecule has 1 aliphatic heterocycles. The molecule has 0 radical (unpaired) electrons. The van der Waals surface area contributed by atoms with Crippen LogP contribution < -0.4 is 10.6 Å². The lowest BCUT2D eigenvalue weighted by molar-refractivity contribution is 0.768. The third kappa shape index (κ3) is 2.60. The molecule has 2 aromatic carbocycles. The van der Waals surface area contributed by atoms with E-state index in [2.05, 4.69) is 53.9 Å². The van der Waals surface area contributed by atoms with E-state index in [1.54, 1.807) is 0 Å². The minimum Gasteiger partial charge on any atom is -0.369 e. The molecule has 0 fully saturated rings. The van der Waals surface area contributed by atoms with Crippen molar-refractivity contribution in [1.29, 1.82) is 0 Å². The standard InChI is InChI=1S/C15H13Br2N3/c16-11-4-6-13(7-5-11)20-14(9-19-15(20)18)10-2-1-3-12(17)8-10/h1-8,14H,9H2,(H2,18,19). The average molecular weight is 395 g/mol. The molecule has 2 aromatic rings. The maximum absolute atomic E-state index is 6.07. The summed E-state index contributed by atoms with van der Waals surface area (Å²) in [6.07, 6.45) is 0. The number of halogens is 2. The Morgan fingerprint density at radius 2 is 1.80 bits per heavy atom. The molecule has 2 N–H and O–H groups in total. The van der Waals surface area contributed by atoms with Gasteiger partial charge in [0.1, 0.15) is 0 Å². The van der Waals surface area contributed by atoms with Crippen molar-refractivity contribution in [2.45, 2.75) is 6.04 Å². The van der Waals surface area contributed by atoms with Crippen molar-refractivity contribution in [3.8, 4) is 0 Å². The van der Waals surface area contributed by atoms with Gasteiger partial charge in [0.25, 0.3) is 0 Å². The molecule has 0 aromatic heterocycles. The second-order valence-electron chi connectivity index (χ2n) is 4.62. The molecule has 0 spiro atoms. The molecule has 0 bridgehead atoms. The van der Waals surface area contributed by atoms with E-state index >= 15 is 0 Å². The number of rotatable bonds is 2. The third-order valence-electron chi connectivity index (χ3n) is 3.32. The average Bonchev–Trinajstić information content (AvgIpc) is 2.82. The molecule has 0 saturated heterocycles. The van der Waals surface area contributed by atoms with E-state index in [0.717, 1.165) is 14.6 Å². The van der Waals surface area contributed by atoms with Crippen LogP contribution in [0.15, 0.2) is 62.5 Å². The van der Waals surface area contributed by atoms with Crippen molar-refractivity contribution in [2.75, 3.05) is 11.4 Å². The van der Waals surface area contributed by atoms with Gasteiger partial charge in [0.05, 0.1) is 12.6 Å². The first-order valence-electron chi connectivity index (χ1n) is 6.25. The summed E-state index contributed by atoms with van der Waals surface area (Å²) in [7, 11) is 0. The van der Waals surface area contributed by atoms with Crippen LogP contribution in [0, 0.1) is 0 Å². The van der Waals surface area contributed by atoms with Crippen molar-refractivity contribution in [1.82, 2.24) is 0 Å². The number of guanidine groups is 1. The minimum absolute atomic E-state index is 0.147. The van der Waals surface area contributed by atoms with Gasteiger partial charge in [-0.15, -0.1) is 0 Å². The summed E-state index contributed by atoms with van der Waals surface area (Å²) < 4.78 is 2.12. The highest BCUT2D eigenvalue weighted by Gasteiger charge is 2.28. The van der Waals surface area contributed by atoms with Gasteiger partial charge in [0, 0.05) is 14.6 Å². The molecular formula is C15H13Br2N3.